The van der Waals surface area contributed by atoms with E-state index in [0.29, 0.717) is 41.9 Å². The summed E-state index contributed by atoms with van der Waals surface area (Å²) in [5, 5.41) is 10.4. The Morgan fingerprint density at radius 2 is 1.72 bits per heavy atom. The highest BCUT2D eigenvalue weighted by Gasteiger charge is 2.63. The van der Waals surface area contributed by atoms with Crippen LogP contribution in [0.1, 0.15) is 91.9 Å². The molecule has 0 aromatic heterocycles. The van der Waals surface area contributed by atoms with Crippen LogP contribution in [0.5, 0.6) is 0 Å². The van der Waals surface area contributed by atoms with Gasteiger partial charge in [-0.3, -0.25) is 9.59 Å². The van der Waals surface area contributed by atoms with E-state index in [0.717, 1.165) is 32.1 Å². The molecule has 4 fully saturated rings. The lowest BCUT2D eigenvalue weighted by atomic mass is 9.43. The van der Waals surface area contributed by atoms with Crippen molar-refractivity contribution in [2.24, 2.45) is 46.3 Å². The van der Waals surface area contributed by atoms with Crippen LogP contribution in [0.4, 0.5) is 0 Å². The molecule has 0 aromatic carbocycles. The first-order chi connectivity index (χ1) is 15.1. The molecule has 5 heteroatoms. The molecule has 182 valence electrons. The first-order valence-electron chi connectivity index (χ1n) is 13.0. The number of rotatable bonds is 5. The molecular formula is C27H44O5. The normalized spacial score (nSPS) is 46.4. The molecule has 0 unspecified atom stereocenters. The van der Waals surface area contributed by atoms with Crippen LogP contribution in [0, 0.1) is 46.3 Å². The highest BCUT2D eigenvalue weighted by atomic mass is 16.5. The van der Waals surface area contributed by atoms with Gasteiger partial charge in [-0.05, 0) is 98.2 Å². The lowest BCUT2D eigenvalue weighted by Gasteiger charge is -2.62. The van der Waals surface area contributed by atoms with Crippen molar-refractivity contribution < 1.29 is 24.2 Å². The van der Waals surface area contributed by atoms with E-state index in [1.54, 1.807) is 6.92 Å². The Bertz CT molecular complexity index is 721. The zero-order valence-electron chi connectivity index (χ0n) is 20.8. The molecule has 0 heterocycles. The fourth-order valence-electron chi connectivity index (χ4n) is 9.13. The average molecular weight is 449 g/mol. The van der Waals surface area contributed by atoms with Crippen molar-refractivity contribution in [1.29, 1.82) is 0 Å². The molecule has 0 amide bonds. The number of methoxy groups -OCH3 is 1. The smallest absolute Gasteiger partial charge is 0.305 e. The summed E-state index contributed by atoms with van der Waals surface area (Å²) in [5.41, 5.74) is 0.489. The third-order valence-corrected chi connectivity index (χ3v) is 10.7. The van der Waals surface area contributed by atoms with E-state index in [-0.39, 0.29) is 35.0 Å². The van der Waals surface area contributed by atoms with Crippen LogP contribution >= 0.6 is 0 Å². The predicted octanol–water partition coefficient (Wildman–Crippen LogP) is 5.14. The van der Waals surface area contributed by atoms with Gasteiger partial charge in [0.1, 0.15) is 6.10 Å². The monoisotopic (exact) mass is 448 g/mol. The predicted molar refractivity (Wildman–Crippen MR) is 123 cm³/mol. The second kappa shape index (κ2) is 8.92. The van der Waals surface area contributed by atoms with Gasteiger partial charge in [0.25, 0.3) is 0 Å². The summed E-state index contributed by atoms with van der Waals surface area (Å²) in [6.45, 7) is 8.83. The van der Waals surface area contributed by atoms with Crippen molar-refractivity contribution in [3.63, 3.8) is 0 Å². The van der Waals surface area contributed by atoms with E-state index in [2.05, 4.69) is 20.8 Å². The highest BCUT2D eigenvalue weighted by molar-refractivity contribution is 5.69. The van der Waals surface area contributed by atoms with Crippen molar-refractivity contribution in [3.05, 3.63) is 0 Å². The Balaban J connectivity index is 1.59. The maximum atomic E-state index is 12.1. The molecule has 0 saturated heterocycles. The van der Waals surface area contributed by atoms with Crippen LogP contribution in [0.3, 0.4) is 0 Å². The number of fused-ring (bicyclic) bond motifs is 5. The maximum Gasteiger partial charge on any atom is 0.305 e. The second-order valence-electron chi connectivity index (χ2n) is 12.1. The largest absolute Gasteiger partial charge is 0.469 e. The molecule has 0 aromatic rings. The van der Waals surface area contributed by atoms with Crippen LogP contribution in [0.2, 0.25) is 0 Å². The first-order valence-corrected chi connectivity index (χ1v) is 13.0. The molecule has 0 aliphatic heterocycles. The standard InChI is InChI=1S/C27H44O5/c1-16(6-9-24(30)31-5)20-7-8-21-25-22(11-13-27(20,21)4)26(3)12-10-19(29)14-18(26)15-23(25)32-17(2)28/h16,18-23,25,29H,6-15H2,1-5H3/t16-,18+,19-,20-,21+,22+,23+,25+,26-,27-/m0/s1. The summed E-state index contributed by atoms with van der Waals surface area (Å²) in [7, 11) is 1.47. The minimum Gasteiger partial charge on any atom is -0.469 e. The molecule has 4 saturated carbocycles. The average Bonchev–Trinajstić information content (AvgIpc) is 3.09. The molecule has 32 heavy (non-hydrogen) atoms. The van der Waals surface area contributed by atoms with Gasteiger partial charge in [0.05, 0.1) is 13.2 Å². The Morgan fingerprint density at radius 3 is 2.41 bits per heavy atom. The SMILES string of the molecule is COC(=O)CC[C@H](C)[C@@H]1CC[C@@H]2[C@@H]3[C@@H](CC[C@]21C)[C@@]1(C)CC[C@H](O)C[C@@H]1C[C@H]3OC(C)=O. The zero-order valence-corrected chi connectivity index (χ0v) is 20.8. The first kappa shape index (κ1) is 24.0. The van der Waals surface area contributed by atoms with E-state index >= 15 is 0 Å². The van der Waals surface area contributed by atoms with Gasteiger partial charge in [-0.25, -0.2) is 0 Å². The fraction of sp³-hybridized carbons (Fsp3) is 0.926. The van der Waals surface area contributed by atoms with E-state index in [4.69, 9.17) is 9.47 Å². The van der Waals surface area contributed by atoms with Gasteiger partial charge in [0, 0.05) is 19.3 Å². The molecular weight excluding hydrogens is 404 g/mol. The number of carbonyl (C=O) groups is 2. The lowest BCUT2D eigenvalue weighted by molar-refractivity contribution is -0.194. The van der Waals surface area contributed by atoms with Crippen LogP contribution in [0.25, 0.3) is 0 Å². The van der Waals surface area contributed by atoms with Crippen LogP contribution in [-0.4, -0.2) is 36.4 Å². The van der Waals surface area contributed by atoms with Crippen LogP contribution < -0.4 is 0 Å². The van der Waals surface area contributed by atoms with Crippen molar-refractivity contribution in [3.8, 4) is 0 Å². The van der Waals surface area contributed by atoms with Gasteiger partial charge in [0.2, 0.25) is 0 Å². The Labute approximate surface area is 194 Å². The highest BCUT2D eigenvalue weighted by Crippen LogP contribution is 2.68. The number of hydrogen-bond acceptors (Lipinski definition) is 5. The van der Waals surface area contributed by atoms with Gasteiger partial charge in [0.15, 0.2) is 0 Å². The van der Waals surface area contributed by atoms with Crippen molar-refractivity contribution in [2.75, 3.05) is 7.11 Å². The van der Waals surface area contributed by atoms with Crippen molar-refractivity contribution in [1.82, 2.24) is 0 Å². The van der Waals surface area contributed by atoms with Gasteiger partial charge in [-0.15, -0.1) is 0 Å². The topological polar surface area (TPSA) is 72.8 Å². The number of aliphatic hydroxyl groups is 1. The van der Waals surface area contributed by atoms with Crippen LogP contribution in [-0.2, 0) is 19.1 Å². The van der Waals surface area contributed by atoms with Gasteiger partial charge >= 0.3 is 11.9 Å². The number of aliphatic hydroxyl groups excluding tert-OH is 1. The van der Waals surface area contributed by atoms with Crippen LogP contribution in [0.15, 0.2) is 0 Å². The third kappa shape index (κ3) is 4.01. The zero-order chi connectivity index (χ0) is 23.3. The van der Waals surface area contributed by atoms with Gasteiger partial charge < -0.3 is 14.6 Å². The lowest BCUT2D eigenvalue weighted by Crippen LogP contribution is -2.59. The Kier molecular flexibility index (Phi) is 6.70. The van der Waals surface area contributed by atoms with E-state index in [1.807, 2.05) is 0 Å². The minimum absolute atomic E-state index is 0.0189. The number of carbonyl (C=O) groups excluding carboxylic acids is 2. The van der Waals surface area contributed by atoms with E-state index in [1.165, 1.54) is 32.8 Å². The summed E-state index contributed by atoms with van der Waals surface area (Å²) in [6.07, 6.45) is 9.75. The molecule has 4 rings (SSSR count). The third-order valence-electron chi connectivity index (χ3n) is 10.7. The fourth-order valence-corrected chi connectivity index (χ4v) is 9.13. The molecule has 1 N–H and O–H groups in total. The second-order valence-corrected chi connectivity index (χ2v) is 12.1. The Hall–Kier alpha value is -1.10. The molecule has 4 aliphatic carbocycles. The maximum absolute atomic E-state index is 12.1. The molecule has 4 aliphatic rings. The number of ether oxygens (including phenoxy) is 2. The number of esters is 2. The molecule has 0 bridgehead atoms. The summed E-state index contributed by atoms with van der Waals surface area (Å²) < 4.78 is 10.9. The van der Waals surface area contributed by atoms with Crippen molar-refractivity contribution >= 4 is 11.9 Å². The minimum atomic E-state index is -0.206. The summed E-state index contributed by atoms with van der Waals surface area (Å²) in [6, 6.07) is 0. The van der Waals surface area contributed by atoms with E-state index < -0.39 is 0 Å². The number of hydrogen-bond donors (Lipinski definition) is 1. The van der Waals surface area contributed by atoms with Gasteiger partial charge in [-0.2, -0.15) is 0 Å². The quantitative estimate of drug-likeness (QED) is 0.590. The van der Waals surface area contributed by atoms with Gasteiger partial charge in [-0.1, -0.05) is 20.8 Å². The van der Waals surface area contributed by atoms with Crippen molar-refractivity contribution in [2.45, 2.75) is 104 Å². The molecule has 10 atom stereocenters. The summed E-state index contributed by atoms with van der Waals surface area (Å²) in [4.78, 5) is 23.8. The molecule has 0 spiro atoms. The molecule has 5 nitrogen and oxygen atoms in total. The summed E-state index contributed by atoms with van der Waals surface area (Å²) in [5.74, 6) is 2.83. The Morgan fingerprint density at radius 1 is 1.03 bits per heavy atom. The summed E-state index contributed by atoms with van der Waals surface area (Å²) >= 11 is 0. The molecule has 0 radical (unpaired) electrons. The van der Waals surface area contributed by atoms with E-state index in [9.17, 15) is 14.7 Å².